The lowest BCUT2D eigenvalue weighted by Gasteiger charge is -2.34. The minimum atomic E-state index is -1.78. The number of likely N-dealkylation sites (N-methyl/N-ethyl adjacent to an activating group) is 1. The second kappa shape index (κ2) is 16.9. The Bertz CT molecular complexity index is 532. The second-order valence-corrected chi connectivity index (χ2v) is 18.4. The fourth-order valence-electron chi connectivity index (χ4n) is 3.36. The van der Waals surface area contributed by atoms with Crippen LogP contribution < -0.4 is 0 Å². The highest BCUT2D eigenvalue weighted by Gasteiger charge is 2.32. The number of aliphatic hydroxyl groups excluding tert-OH is 2. The van der Waals surface area contributed by atoms with Crippen molar-refractivity contribution < 1.29 is 33.3 Å². The molecule has 0 aliphatic carbocycles. The number of rotatable bonds is 20. The van der Waals surface area contributed by atoms with Crippen molar-refractivity contribution in [2.24, 2.45) is 0 Å². The maximum atomic E-state index is 11.3. The first-order valence-corrected chi connectivity index (χ1v) is 17.8. The third-order valence-electron chi connectivity index (χ3n) is 4.81. The molecule has 0 fully saturated rings. The van der Waals surface area contributed by atoms with Crippen LogP contribution in [0.15, 0.2) is 12.2 Å². The third kappa shape index (κ3) is 17.9. The van der Waals surface area contributed by atoms with E-state index in [2.05, 4.69) is 32.8 Å². The quantitative estimate of drug-likeness (QED) is 0.116. The zero-order valence-electron chi connectivity index (χ0n) is 21.2. The molecule has 0 aliphatic heterocycles. The molecule has 10 heteroatoms. The Morgan fingerprint density at radius 2 is 1.56 bits per heavy atom. The molecule has 0 bridgehead atoms. The van der Waals surface area contributed by atoms with Crippen molar-refractivity contribution in [3.8, 4) is 0 Å². The van der Waals surface area contributed by atoms with Crippen molar-refractivity contribution in [1.29, 1.82) is 0 Å². The first kappa shape index (κ1) is 31.4. The second-order valence-electron chi connectivity index (χ2n) is 9.57. The van der Waals surface area contributed by atoms with Gasteiger partial charge in [0.25, 0.3) is 0 Å². The van der Waals surface area contributed by atoms with Gasteiger partial charge in [-0.15, -0.1) is 0 Å². The number of ether oxygens (including phenoxy) is 3. The van der Waals surface area contributed by atoms with Crippen molar-refractivity contribution in [1.82, 2.24) is 4.90 Å². The Morgan fingerprint density at radius 1 is 1.00 bits per heavy atom. The van der Waals surface area contributed by atoms with Gasteiger partial charge in [0.05, 0.1) is 25.9 Å². The van der Waals surface area contributed by atoms with Gasteiger partial charge in [0.1, 0.15) is 6.61 Å². The lowest BCUT2D eigenvalue weighted by atomic mass is 10.3. The number of hydrogen-bond donors (Lipinski definition) is 2. The normalized spacial score (nSPS) is 13.4. The fourth-order valence-corrected chi connectivity index (χ4v) is 12.2. The van der Waals surface area contributed by atoms with Crippen LogP contribution in [0.25, 0.3) is 0 Å². The van der Waals surface area contributed by atoms with Crippen molar-refractivity contribution >= 4 is 22.6 Å². The molecule has 0 rings (SSSR count). The number of esters is 1. The summed E-state index contributed by atoms with van der Waals surface area (Å²) in [5.74, 6) is -0.380. The van der Waals surface area contributed by atoms with Gasteiger partial charge in [-0.3, -0.25) is 0 Å². The summed E-state index contributed by atoms with van der Waals surface area (Å²) in [6.45, 7) is 17.5. The lowest BCUT2D eigenvalue weighted by Crippen LogP contribution is -2.44. The molecular formula is C22H47NO7Si2. The molecule has 0 amide bonds. The van der Waals surface area contributed by atoms with Gasteiger partial charge in [-0.2, -0.15) is 0 Å². The zero-order valence-corrected chi connectivity index (χ0v) is 23.2. The number of nitrogens with zero attached hydrogens (tertiary/aromatic N) is 1. The summed E-state index contributed by atoms with van der Waals surface area (Å²) in [5.41, 5.74) is 0.396. The first-order valence-electron chi connectivity index (χ1n) is 11.5. The highest BCUT2D eigenvalue weighted by Crippen LogP contribution is 2.23. The SMILES string of the molecule is C=C(C)C(=O)OCCOCCC[Si](C)(C)O[Si](C)(C)CCCOCC(O)CN(C)CCO. The molecule has 0 heterocycles. The summed E-state index contributed by atoms with van der Waals surface area (Å²) in [6, 6.07) is 2.05. The summed E-state index contributed by atoms with van der Waals surface area (Å²) in [6.07, 6.45) is 1.32. The minimum Gasteiger partial charge on any atom is -0.460 e. The lowest BCUT2D eigenvalue weighted by molar-refractivity contribution is -0.140. The Hall–Kier alpha value is -0.596. The van der Waals surface area contributed by atoms with E-state index in [1.54, 1.807) is 6.92 Å². The number of aliphatic hydroxyl groups is 2. The smallest absolute Gasteiger partial charge is 0.333 e. The van der Waals surface area contributed by atoms with E-state index in [0.29, 0.717) is 45.1 Å². The van der Waals surface area contributed by atoms with Crippen LogP contribution >= 0.6 is 0 Å². The molecule has 0 radical (unpaired) electrons. The van der Waals surface area contributed by atoms with Crippen LogP contribution in [0.4, 0.5) is 0 Å². The summed E-state index contributed by atoms with van der Waals surface area (Å²) in [5, 5.41) is 18.9. The van der Waals surface area contributed by atoms with Gasteiger partial charge in [0, 0.05) is 31.9 Å². The van der Waals surface area contributed by atoms with Crippen LogP contribution in [0.2, 0.25) is 38.3 Å². The van der Waals surface area contributed by atoms with Crippen LogP contribution in [-0.4, -0.2) is 104 Å². The largest absolute Gasteiger partial charge is 0.460 e. The molecule has 190 valence electrons. The van der Waals surface area contributed by atoms with Crippen LogP contribution in [0.1, 0.15) is 19.8 Å². The van der Waals surface area contributed by atoms with Crippen molar-refractivity contribution in [3.05, 3.63) is 12.2 Å². The highest BCUT2D eigenvalue weighted by atomic mass is 28.4. The predicted molar refractivity (Wildman–Crippen MR) is 133 cm³/mol. The molecule has 0 aromatic heterocycles. The minimum absolute atomic E-state index is 0.0867. The van der Waals surface area contributed by atoms with E-state index in [0.717, 1.165) is 24.9 Å². The Morgan fingerprint density at radius 3 is 2.09 bits per heavy atom. The van der Waals surface area contributed by atoms with Gasteiger partial charge in [0.15, 0.2) is 16.6 Å². The maximum Gasteiger partial charge on any atom is 0.333 e. The van der Waals surface area contributed by atoms with E-state index >= 15 is 0 Å². The van der Waals surface area contributed by atoms with Crippen LogP contribution in [-0.2, 0) is 23.1 Å². The summed E-state index contributed by atoms with van der Waals surface area (Å²) in [7, 11) is -1.69. The topological polar surface area (TPSA) is 97.7 Å². The molecule has 2 N–H and O–H groups in total. The average Bonchev–Trinajstić information content (AvgIpc) is 2.65. The van der Waals surface area contributed by atoms with E-state index in [-0.39, 0.29) is 19.2 Å². The molecule has 1 unspecified atom stereocenters. The number of carbonyl (C=O) groups is 1. The molecule has 0 aliphatic rings. The van der Waals surface area contributed by atoms with E-state index < -0.39 is 22.7 Å². The molecule has 32 heavy (non-hydrogen) atoms. The van der Waals surface area contributed by atoms with Gasteiger partial charge < -0.3 is 33.4 Å². The monoisotopic (exact) mass is 493 g/mol. The van der Waals surface area contributed by atoms with Gasteiger partial charge in [0.2, 0.25) is 0 Å². The van der Waals surface area contributed by atoms with Gasteiger partial charge in [-0.1, -0.05) is 6.58 Å². The fraction of sp³-hybridized carbons (Fsp3) is 0.864. The van der Waals surface area contributed by atoms with E-state index in [1.165, 1.54) is 0 Å². The molecule has 0 aromatic carbocycles. The van der Waals surface area contributed by atoms with E-state index in [4.69, 9.17) is 23.4 Å². The molecule has 8 nitrogen and oxygen atoms in total. The number of carbonyl (C=O) groups excluding carboxylic acids is 1. The number of hydrogen-bond acceptors (Lipinski definition) is 8. The van der Waals surface area contributed by atoms with Gasteiger partial charge in [-0.05, 0) is 65.1 Å². The average molecular weight is 494 g/mol. The summed E-state index contributed by atoms with van der Waals surface area (Å²) >= 11 is 0. The highest BCUT2D eigenvalue weighted by molar-refractivity contribution is 6.84. The Kier molecular flexibility index (Phi) is 16.6. The van der Waals surface area contributed by atoms with E-state index in [9.17, 15) is 9.90 Å². The summed E-state index contributed by atoms with van der Waals surface area (Å²) < 4.78 is 22.8. The molecular weight excluding hydrogens is 446 g/mol. The van der Waals surface area contributed by atoms with Crippen molar-refractivity contribution in [2.75, 3.05) is 59.8 Å². The first-order chi connectivity index (χ1) is 14.9. The van der Waals surface area contributed by atoms with Crippen LogP contribution in [0.5, 0.6) is 0 Å². The van der Waals surface area contributed by atoms with Crippen molar-refractivity contribution in [2.45, 2.75) is 64.1 Å². The van der Waals surface area contributed by atoms with Crippen LogP contribution in [0.3, 0.4) is 0 Å². The standard InChI is InChI=1S/C22H47NO7Si2/c1-20(2)22(26)29-15-14-27-12-8-16-31(4,5)30-32(6,7)17-9-13-28-19-21(25)18-23(3)10-11-24/h21,24-25H,1,8-19H2,2-7H3. The summed E-state index contributed by atoms with van der Waals surface area (Å²) in [4.78, 5) is 13.2. The predicted octanol–water partition coefficient (Wildman–Crippen LogP) is 2.63. The molecule has 0 saturated carbocycles. The maximum absolute atomic E-state index is 11.3. The van der Waals surface area contributed by atoms with Gasteiger partial charge in [-0.25, -0.2) is 4.79 Å². The zero-order chi connectivity index (χ0) is 24.6. The third-order valence-corrected chi connectivity index (χ3v) is 12.3. The van der Waals surface area contributed by atoms with Crippen molar-refractivity contribution in [3.63, 3.8) is 0 Å². The molecule has 0 spiro atoms. The Labute approximate surface area is 197 Å². The molecule has 0 saturated heterocycles. The molecule has 0 aromatic rings. The Balaban J connectivity index is 3.93. The van der Waals surface area contributed by atoms with E-state index in [1.807, 2.05) is 11.9 Å². The molecule has 1 atom stereocenters. The van der Waals surface area contributed by atoms with Crippen LogP contribution in [0, 0.1) is 0 Å². The van der Waals surface area contributed by atoms with Gasteiger partial charge >= 0.3 is 5.97 Å².